The van der Waals surface area contributed by atoms with Gasteiger partial charge in [-0.05, 0) is 12.0 Å². The third-order valence-corrected chi connectivity index (χ3v) is 2.00. The van der Waals surface area contributed by atoms with Gasteiger partial charge in [0.15, 0.2) is 0 Å². The van der Waals surface area contributed by atoms with E-state index in [1.54, 1.807) is 12.1 Å². The van der Waals surface area contributed by atoms with Crippen LogP contribution in [0.1, 0.15) is 30.8 Å². The Morgan fingerprint density at radius 2 is 2.21 bits per heavy atom. The van der Waals surface area contributed by atoms with E-state index in [0.29, 0.717) is 5.56 Å². The smallest absolute Gasteiger partial charge is 0.215 e. The quantitative estimate of drug-likeness (QED) is 0.410. The number of aryl methyl sites for hydroxylation is 1. The SMILES string of the molecule is CCCc1ccccc1C(F)N=C=O. The van der Waals surface area contributed by atoms with Gasteiger partial charge in [0.25, 0.3) is 0 Å². The summed E-state index contributed by atoms with van der Waals surface area (Å²) in [5, 5.41) is 0. The Morgan fingerprint density at radius 1 is 1.50 bits per heavy atom. The number of hydrogen-bond donors (Lipinski definition) is 0. The van der Waals surface area contributed by atoms with Crippen molar-refractivity contribution in [1.82, 2.24) is 0 Å². The molecule has 0 aliphatic carbocycles. The maximum Gasteiger partial charge on any atom is 0.238 e. The first-order chi connectivity index (χ1) is 6.79. The van der Waals surface area contributed by atoms with Crippen molar-refractivity contribution in [3.8, 4) is 0 Å². The average molecular weight is 193 g/mol. The van der Waals surface area contributed by atoms with Crippen LogP contribution < -0.4 is 0 Å². The Balaban J connectivity index is 2.99. The lowest BCUT2D eigenvalue weighted by atomic mass is 10.0. The van der Waals surface area contributed by atoms with Gasteiger partial charge in [0, 0.05) is 5.56 Å². The number of carbonyl (C=O) groups excluding carboxylic acids is 1. The topological polar surface area (TPSA) is 29.4 Å². The fraction of sp³-hybridized carbons (Fsp3) is 0.364. The molecule has 0 heterocycles. The number of isocyanates is 1. The highest BCUT2D eigenvalue weighted by atomic mass is 19.1. The maximum absolute atomic E-state index is 13.3. The summed E-state index contributed by atoms with van der Waals surface area (Å²) < 4.78 is 13.3. The third-order valence-electron chi connectivity index (χ3n) is 2.00. The molecule has 0 saturated carbocycles. The molecule has 0 fully saturated rings. The van der Waals surface area contributed by atoms with Gasteiger partial charge in [-0.1, -0.05) is 37.6 Å². The fourth-order valence-corrected chi connectivity index (χ4v) is 1.38. The van der Waals surface area contributed by atoms with Crippen LogP contribution in [0.4, 0.5) is 4.39 Å². The Morgan fingerprint density at radius 3 is 2.86 bits per heavy atom. The van der Waals surface area contributed by atoms with Crippen molar-refractivity contribution in [1.29, 1.82) is 0 Å². The average Bonchev–Trinajstić information content (AvgIpc) is 2.19. The maximum atomic E-state index is 13.3. The molecule has 2 nitrogen and oxygen atoms in total. The molecule has 0 bridgehead atoms. The van der Waals surface area contributed by atoms with Crippen LogP contribution in [-0.4, -0.2) is 6.08 Å². The molecule has 0 spiro atoms. The van der Waals surface area contributed by atoms with Gasteiger partial charge in [-0.25, -0.2) is 9.18 Å². The first-order valence-corrected chi connectivity index (χ1v) is 4.58. The lowest BCUT2D eigenvalue weighted by Gasteiger charge is -2.07. The molecule has 0 saturated heterocycles. The Hall–Kier alpha value is -1.47. The normalized spacial score (nSPS) is 11.9. The molecule has 1 atom stereocenters. The monoisotopic (exact) mass is 193 g/mol. The standard InChI is InChI=1S/C11H12FNO/c1-2-5-9-6-3-4-7-10(9)11(12)13-8-14/h3-4,6-7,11H,2,5H2,1H3. The third kappa shape index (κ3) is 2.51. The van der Waals surface area contributed by atoms with Crippen LogP contribution >= 0.6 is 0 Å². The molecule has 0 aliphatic rings. The Labute approximate surface area is 82.5 Å². The number of hydrogen-bond acceptors (Lipinski definition) is 2. The number of halogens is 1. The van der Waals surface area contributed by atoms with Gasteiger partial charge in [-0.2, -0.15) is 4.99 Å². The van der Waals surface area contributed by atoms with E-state index in [1.165, 1.54) is 6.08 Å². The van der Waals surface area contributed by atoms with Gasteiger partial charge in [0.05, 0.1) is 0 Å². The molecule has 1 rings (SSSR count). The summed E-state index contributed by atoms with van der Waals surface area (Å²) in [4.78, 5) is 13.0. The van der Waals surface area contributed by atoms with E-state index in [9.17, 15) is 9.18 Å². The van der Waals surface area contributed by atoms with Crippen LogP contribution in [0, 0.1) is 0 Å². The largest absolute Gasteiger partial charge is 0.238 e. The number of nitrogens with zero attached hydrogens (tertiary/aromatic N) is 1. The second kappa shape index (κ2) is 5.30. The van der Waals surface area contributed by atoms with Crippen LogP contribution in [-0.2, 0) is 11.2 Å². The van der Waals surface area contributed by atoms with E-state index >= 15 is 0 Å². The Bertz CT molecular complexity index is 345. The van der Waals surface area contributed by atoms with Crippen LogP contribution in [0.2, 0.25) is 0 Å². The molecule has 3 heteroatoms. The first-order valence-electron chi connectivity index (χ1n) is 4.58. The van der Waals surface area contributed by atoms with E-state index in [2.05, 4.69) is 4.99 Å². The van der Waals surface area contributed by atoms with Gasteiger partial charge in [-0.15, -0.1) is 0 Å². The summed E-state index contributed by atoms with van der Waals surface area (Å²) in [6.45, 7) is 2.02. The summed E-state index contributed by atoms with van der Waals surface area (Å²) in [5.41, 5.74) is 1.37. The van der Waals surface area contributed by atoms with Gasteiger partial charge >= 0.3 is 0 Å². The molecule has 0 aromatic heterocycles. The Kier molecular flexibility index (Phi) is 4.02. The van der Waals surface area contributed by atoms with Crippen molar-refractivity contribution >= 4 is 6.08 Å². The highest BCUT2D eigenvalue weighted by Gasteiger charge is 2.11. The summed E-state index contributed by atoms with van der Waals surface area (Å²) in [6, 6.07) is 7.09. The van der Waals surface area contributed by atoms with Gasteiger partial charge < -0.3 is 0 Å². The molecule has 0 N–H and O–H groups in total. The van der Waals surface area contributed by atoms with Crippen molar-refractivity contribution in [2.24, 2.45) is 4.99 Å². The highest BCUT2D eigenvalue weighted by molar-refractivity contribution is 5.36. The highest BCUT2D eigenvalue weighted by Crippen LogP contribution is 2.23. The number of rotatable bonds is 4. The first kappa shape index (κ1) is 10.6. The van der Waals surface area contributed by atoms with Crippen molar-refractivity contribution < 1.29 is 9.18 Å². The molecular weight excluding hydrogens is 181 g/mol. The molecule has 74 valence electrons. The molecule has 0 radical (unpaired) electrons. The molecule has 1 aromatic rings. The fourth-order valence-electron chi connectivity index (χ4n) is 1.38. The van der Waals surface area contributed by atoms with Crippen LogP contribution in [0.5, 0.6) is 0 Å². The van der Waals surface area contributed by atoms with Gasteiger partial charge in [0.1, 0.15) is 0 Å². The van der Waals surface area contributed by atoms with E-state index in [-0.39, 0.29) is 0 Å². The van der Waals surface area contributed by atoms with E-state index in [0.717, 1.165) is 18.4 Å². The number of benzene rings is 1. The minimum absolute atomic E-state index is 0.470. The van der Waals surface area contributed by atoms with Crippen molar-refractivity contribution in [2.45, 2.75) is 26.1 Å². The molecule has 1 aromatic carbocycles. The summed E-state index contributed by atoms with van der Waals surface area (Å²) in [5.74, 6) is 0. The van der Waals surface area contributed by atoms with Crippen LogP contribution in [0.15, 0.2) is 29.3 Å². The second-order valence-corrected chi connectivity index (χ2v) is 3.00. The van der Waals surface area contributed by atoms with Gasteiger partial charge in [0.2, 0.25) is 12.4 Å². The number of aliphatic imine (C=N–C) groups is 1. The zero-order valence-electron chi connectivity index (χ0n) is 8.03. The molecule has 0 aliphatic heterocycles. The van der Waals surface area contributed by atoms with Crippen molar-refractivity contribution in [3.05, 3.63) is 35.4 Å². The van der Waals surface area contributed by atoms with Crippen molar-refractivity contribution in [2.75, 3.05) is 0 Å². The zero-order valence-corrected chi connectivity index (χ0v) is 8.03. The van der Waals surface area contributed by atoms with Crippen LogP contribution in [0.3, 0.4) is 0 Å². The van der Waals surface area contributed by atoms with E-state index in [4.69, 9.17) is 0 Å². The predicted molar refractivity (Wildman–Crippen MR) is 52.4 cm³/mol. The van der Waals surface area contributed by atoms with Crippen molar-refractivity contribution in [3.63, 3.8) is 0 Å². The molecule has 0 amide bonds. The number of alkyl halides is 1. The minimum Gasteiger partial charge on any atom is -0.215 e. The summed E-state index contributed by atoms with van der Waals surface area (Å²) in [6.07, 6.45) is 1.40. The molecule has 1 unspecified atom stereocenters. The molecular formula is C11H12FNO. The van der Waals surface area contributed by atoms with Crippen LogP contribution in [0.25, 0.3) is 0 Å². The lowest BCUT2D eigenvalue weighted by Crippen LogP contribution is -1.95. The molecule has 14 heavy (non-hydrogen) atoms. The predicted octanol–water partition coefficient (Wildman–Crippen LogP) is 2.94. The summed E-state index contributed by atoms with van der Waals surface area (Å²) in [7, 11) is 0. The van der Waals surface area contributed by atoms with E-state index in [1.807, 2.05) is 19.1 Å². The minimum atomic E-state index is -1.57. The summed E-state index contributed by atoms with van der Waals surface area (Å²) >= 11 is 0. The second-order valence-electron chi connectivity index (χ2n) is 3.00. The van der Waals surface area contributed by atoms with E-state index < -0.39 is 6.30 Å². The van der Waals surface area contributed by atoms with Gasteiger partial charge in [-0.3, -0.25) is 0 Å². The lowest BCUT2D eigenvalue weighted by molar-refractivity contribution is 0.354. The zero-order chi connectivity index (χ0) is 10.4.